The van der Waals surface area contributed by atoms with E-state index in [2.05, 4.69) is 39.7 Å². The number of thioether (sulfide) groups is 2. The second kappa shape index (κ2) is 5.87. The van der Waals surface area contributed by atoms with Crippen molar-refractivity contribution in [2.45, 2.75) is 29.6 Å². The summed E-state index contributed by atoms with van der Waals surface area (Å²) in [4.78, 5) is 8.61. The molecule has 1 aliphatic heterocycles. The monoisotopic (exact) mass is 372 g/mol. The van der Waals surface area contributed by atoms with Gasteiger partial charge in [-0.3, -0.25) is 0 Å². The van der Waals surface area contributed by atoms with E-state index >= 15 is 0 Å². The van der Waals surface area contributed by atoms with E-state index in [1.54, 1.807) is 0 Å². The molecule has 2 heterocycles. The van der Waals surface area contributed by atoms with Gasteiger partial charge in [0.2, 0.25) is 0 Å². The summed E-state index contributed by atoms with van der Waals surface area (Å²) < 4.78 is 0.569. The van der Waals surface area contributed by atoms with Gasteiger partial charge in [0.15, 0.2) is 0 Å². The minimum Gasteiger partial charge on any atom is -0.219 e. The summed E-state index contributed by atoms with van der Waals surface area (Å²) in [5.74, 6) is 1.74. The number of nitrogens with zero attached hydrogens (tertiary/aromatic N) is 2. The number of hydrogen-bond donors (Lipinski definition) is 0. The predicted octanol–water partition coefficient (Wildman–Crippen LogP) is 4.84. The highest BCUT2D eigenvalue weighted by Gasteiger charge is 2.29. The first-order valence-corrected chi connectivity index (χ1v) is 8.68. The van der Waals surface area contributed by atoms with Crippen LogP contribution in [0.2, 0.25) is 10.3 Å². The first kappa shape index (κ1) is 14.3. The van der Waals surface area contributed by atoms with Crippen LogP contribution in [0.15, 0.2) is 4.47 Å². The van der Waals surface area contributed by atoms with Gasteiger partial charge in [-0.25, -0.2) is 9.97 Å². The number of halogens is 3. The van der Waals surface area contributed by atoms with E-state index in [0.717, 1.165) is 11.6 Å². The van der Waals surface area contributed by atoms with Crippen molar-refractivity contribution >= 4 is 62.7 Å². The van der Waals surface area contributed by atoms with Gasteiger partial charge in [-0.15, -0.1) is 11.8 Å². The quantitative estimate of drug-likeness (QED) is 0.657. The lowest BCUT2D eigenvalue weighted by molar-refractivity contribution is 0.858. The maximum atomic E-state index is 6.00. The van der Waals surface area contributed by atoms with E-state index in [0.29, 0.717) is 25.3 Å². The third-order valence-corrected chi connectivity index (χ3v) is 7.77. The molecule has 0 N–H and O–H groups in total. The average Bonchev–Trinajstić information content (AvgIpc) is 2.29. The Balaban J connectivity index is 2.23. The molecular formula is C10H11BrCl2N2S2. The van der Waals surface area contributed by atoms with Crippen LogP contribution in [0.5, 0.6) is 0 Å². The first-order chi connectivity index (χ1) is 7.99. The van der Waals surface area contributed by atoms with Crippen molar-refractivity contribution in [3.05, 3.63) is 20.6 Å². The van der Waals surface area contributed by atoms with Crippen molar-refractivity contribution in [3.8, 4) is 0 Å². The zero-order chi connectivity index (χ0) is 12.6. The lowest BCUT2D eigenvalue weighted by Crippen LogP contribution is -2.23. The zero-order valence-electron chi connectivity index (χ0n) is 9.28. The summed E-state index contributed by atoms with van der Waals surface area (Å²) in [5, 5.41) is 2.30. The van der Waals surface area contributed by atoms with Crippen LogP contribution >= 0.6 is 62.7 Å². The minimum absolute atomic E-state index is 0.272. The maximum Gasteiger partial charge on any atom is 0.148 e. The Kier molecular flexibility index (Phi) is 4.92. The van der Waals surface area contributed by atoms with Crippen molar-refractivity contribution in [2.24, 2.45) is 0 Å². The summed E-state index contributed by atoms with van der Waals surface area (Å²) in [6.45, 7) is 4.48. The third-order valence-electron chi connectivity index (χ3n) is 2.63. The Hall–Kier alpha value is 0.840. The molecule has 1 aromatic rings. The Labute approximate surface area is 128 Å². The van der Waals surface area contributed by atoms with E-state index < -0.39 is 0 Å². The van der Waals surface area contributed by atoms with Crippen LogP contribution in [0, 0.1) is 0 Å². The highest BCUT2D eigenvalue weighted by atomic mass is 79.9. The van der Waals surface area contributed by atoms with Crippen LogP contribution in [0.1, 0.15) is 24.9 Å². The molecule has 0 bridgehead atoms. The van der Waals surface area contributed by atoms with E-state index in [4.69, 9.17) is 23.2 Å². The van der Waals surface area contributed by atoms with Gasteiger partial charge >= 0.3 is 0 Å². The maximum absolute atomic E-state index is 6.00. The van der Waals surface area contributed by atoms with E-state index in [1.165, 1.54) is 0 Å². The van der Waals surface area contributed by atoms with Crippen molar-refractivity contribution in [1.29, 1.82) is 0 Å². The molecule has 0 radical (unpaired) electrons. The molecule has 1 fully saturated rings. The molecule has 2 rings (SSSR count). The summed E-state index contributed by atoms with van der Waals surface area (Å²) >= 11 is 19.1. The molecule has 3 atom stereocenters. The molecule has 17 heavy (non-hydrogen) atoms. The van der Waals surface area contributed by atoms with Gasteiger partial charge in [0.1, 0.15) is 16.1 Å². The Morgan fingerprint density at radius 2 is 1.76 bits per heavy atom. The van der Waals surface area contributed by atoms with Crippen LogP contribution < -0.4 is 0 Å². The molecule has 1 saturated heterocycles. The number of rotatable bonds is 1. The van der Waals surface area contributed by atoms with Gasteiger partial charge in [-0.2, -0.15) is 11.8 Å². The normalized spacial score (nSPS) is 29.4. The van der Waals surface area contributed by atoms with E-state index in [-0.39, 0.29) is 5.25 Å². The van der Waals surface area contributed by atoms with Gasteiger partial charge in [0.25, 0.3) is 0 Å². The third kappa shape index (κ3) is 3.24. The molecule has 0 saturated carbocycles. The summed E-state index contributed by atoms with van der Waals surface area (Å²) in [6, 6.07) is 0. The molecule has 94 valence electrons. The smallest absolute Gasteiger partial charge is 0.148 e. The van der Waals surface area contributed by atoms with Crippen LogP contribution in [-0.4, -0.2) is 26.2 Å². The van der Waals surface area contributed by atoms with Gasteiger partial charge in [-0.1, -0.05) is 37.0 Å². The van der Waals surface area contributed by atoms with Gasteiger partial charge in [0.05, 0.1) is 9.72 Å². The molecule has 0 amide bonds. The molecule has 1 aromatic heterocycles. The fourth-order valence-corrected chi connectivity index (χ4v) is 4.89. The largest absolute Gasteiger partial charge is 0.219 e. The second-order valence-electron chi connectivity index (χ2n) is 3.85. The topological polar surface area (TPSA) is 25.8 Å². The van der Waals surface area contributed by atoms with Crippen molar-refractivity contribution in [2.75, 3.05) is 5.75 Å². The van der Waals surface area contributed by atoms with Crippen LogP contribution in [0.3, 0.4) is 0 Å². The Morgan fingerprint density at radius 3 is 2.29 bits per heavy atom. The standard InChI is InChI=1S/C10H11BrCl2N2S2/c1-4-5(2)17-6(3-16-4)10-14-8(12)7(11)9(13)15-10/h4-6H,3H2,1-2H3. The predicted molar refractivity (Wildman–Crippen MR) is 81.5 cm³/mol. The Bertz CT molecular complexity index is 410. The van der Waals surface area contributed by atoms with Crippen LogP contribution in [-0.2, 0) is 0 Å². The van der Waals surface area contributed by atoms with Crippen molar-refractivity contribution in [1.82, 2.24) is 9.97 Å². The zero-order valence-corrected chi connectivity index (χ0v) is 14.0. The number of aromatic nitrogens is 2. The fraction of sp³-hybridized carbons (Fsp3) is 0.600. The highest BCUT2D eigenvalue weighted by Crippen LogP contribution is 2.44. The van der Waals surface area contributed by atoms with Gasteiger partial charge in [0, 0.05) is 16.3 Å². The molecule has 0 aromatic carbocycles. The SMILES string of the molecule is CC1SCC(c2nc(Cl)c(Br)c(Cl)n2)SC1C. The van der Waals surface area contributed by atoms with E-state index in [1.807, 2.05) is 23.5 Å². The van der Waals surface area contributed by atoms with E-state index in [9.17, 15) is 0 Å². The molecule has 7 heteroatoms. The second-order valence-corrected chi connectivity index (χ2v) is 8.35. The lowest BCUT2D eigenvalue weighted by Gasteiger charge is -2.30. The average molecular weight is 374 g/mol. The van der Waals surface area contributed by atoms with Gasteiger partial charge < -0.3 is 0 Å². The first-order valence-electron chi connectivity index (χ1n) is 5.14. The molecule has 0 aliphatic carbocycles. The molecular weight excluding hydrogens is 363 g/mol. The fourth-order valence-electron chi connectivity index (χ4n) is 1.47. The Morgan fingerprint density at radius 1 is 1.18 bits per heavy atom. The van der Waals surface area contributed by atoms with Gasteiger partial charge in [-0.05, 0) is 15.9 Å². The molecule has 3 unspecified atom stereocenters. The summed E-state index contributed by atoms with van der Waals surface area (Å²) in [7, 11) is 0. The van der Waals surface area contributed by atoms with Crippen LogP contribution in [0.25, 0.3) is 0 Å². The van der Waals surface area contributed by atoms with Crippen LogP contribution in [0.4, 0.5) is 0 Å². The van der Waals surface area contributed by atoms with Crippen molar-refractivity contribution < 1.29 is 0 Å². The highest BCUT2D eigenvalue weighted by molar-refractivity contribution is 9.10. The van der Waals surface area contributed by atoms with Crippen molar-refractivity contribution in [3.63, 3.8) is 0 Å². The summed E-state index contributed by atoms with van der Waals surface area (Å²) in [5.41, 5.74) is 0. The molecule has 0 spiro atoms. The number of hydrogen-bond acceptors (Lipinski definition) is 4. The summed E-state index contributed by atoms with van der Waals surface area (Å²) in [6.07, 6.45) is 0. The lowest BCUT2D eigenvalue weighted by atomic mass is 10.3. The molecule has 1 aliphatic rings. The minimum atomic E-state index is 0.272. The molecule has 2 nitrogen and oxygen atoms in total.